The Balaban J connectivity index is 1.62. The highest BCUT2D eigenvalue weighted by Crippen LogP contribution is 2.26. The summed E-state index contributed by atoms with van der Waals surface area (Å²) in [4.78, 5) is 25.0. The molecule has 1 fully saturated rings. The molecule has 0 aromatic heterocycles. The normalized spacial score (nSPS) is 20.2. The van der Waals surface area contributed by atoms with E-state index in [0.29, 0.717) is 18.9 Å². The van der Waals surface area contributed by atoms with Crippen molar-refractivity contribution in [1.29, 1.82) is 0 Å². The van der Waals surface area contributed by atoms with Gasteiger partial charge in [0.2, 0.25) is 0 Å². The standard InChI is InChI=1S/C16H20N2O3/c19-15(20)4-1-11-6-8-18(10-11)16(21)13-2-3-14-12(9-13)5-7-17-14/h2-3,9,11,17H,1,4-8,10H2,(H,19,20). The number of carboxylic acid groups (broad SMARTS) is 1. The summed E-state index contributed by atoms with van der Waals surface area (Å²) in [5, 5.41) is 12.0. The van der Waals surface area contributed by atoms with Crippen molar-refractivity contribution in [2.24, 2.45) is 5.92 Å². The number of anilines is 1. The number of nitrogens with zero attached hydrogens (tertiary/aromatic N) is 1. The number of rotatable bonds is 4. The Hall–Kier alpha value is -2.04. The van der Waals surface area contributed by atoms with Crippen LogP contribution in [-0.4, -0.2) is 41.5 Å². The van der Waals surface area contributed by atoms with Gasteiger partial charge < -0.3 is 15.3 Å². The summed E-state index contributed by atoms with van der Waals surface area (Å²) in [6, 6.07) is 5.85. The molecule has 1 atom stereocenters. The summed E-state index contributed by atoms with van der Waals surface area (Å²) < 4.78 is 0. The van der Waals surface area contributed by atoms with Crippen molar-refractivity contribution in [3.63, 3.8) is 0 Å². The third kappa shape index (κ3) is 3.01. The van der Waals surface area contributed by atoms with Crippen molar-refractivity contribution in [1.82, 2.24) is 4.90 Å². The highest BCUT2D eigenvalue weighted by Gasteiger charge is 2.27. The highest BCUT2D eigenvalue weighted by atomic mass is 16.4. The van der Waals surface area contributed by atoms with E-state index < -0.39 is 5.97 Å². The van der Waals surface area contributed by atoms with Gasteiger partial charge in [-0.15, -0.1) is 0 Å². The molecule has 1 amide bonds. The predicted octanol–water partition coefficient (Wildman–Crippen LogP) is 1.98. The first kappa shape index (κ1) is 13.9. The minimum Gasteiger partial charge on any atom is -0.481 e. The molecule has 0 bridgehead atoms. The molecule has 112 valence electrons. The minimum atomic E-state index is -0.758. The Bertz CT molecular complexity index is 571. The van der Waals surface area contributed by atoms with Crippen molar-refractivity contribution in [2.45, 2.75) is 25.7 Å². The first-order valence-corrected chi connectivity index (χ1v) is 7.51. The van der Waals surface area contributed by atoms with Crippen LogP contribution in [-0.2, 0) is 11.2 Å². The van der Waals surface area contributed by atoms with E-state index in [4.69, 9.17) is 5.11 Å². The lowest BCUT2D eigenvalue weighted by molar-refractivity contribution is -0.137. The van der Waals surface area contributed by atoms with E-state index in [1.807, 2.05) is 23.1 Å². The zero-order valence-corrected chi connectivity index (χ0v) is 12.0. The number of aliphatic carboxylic acids is 1. The van der Waals surface area contributed by atoms with Gasteiger partial charge in [0.25, 0.3) is 5.91 Å². The largest absolute Gasteiger partial charge is 0.481 e. The van der Waals surface area contributed by atoms with Crippen LogP contribution in [0.4, 0.5) is 5.69 Å². The third-order valence-electron chi connectivity index (χ3n) is 4.40. The maximum Gasteiger partial charge on any atom is 0.303 e. The average Bonchev–Trinajstić information content (AvgIpc) is 3.12. The number of likely N-dealkylation sites (tertiary alicyclic amines) is 1. The number of benzene rings is 1. The molecule has 5 heteroatoms. The number of hydrogen-bond acceptors (Lipinski definition) is 3. The molecule has 2 aliphatic heterocycles. The van der Waals surface area contributed by atoms with E-state index in [2.05, 4.69) is 5.32 Å². The summed E-state index contributed by atoms with van der Waals surface area (Å²) in [5.41, 5.74) is 3.09. The van der Waals surface area contributed by atoms with Crippen molar-refractivity contribution < 1.29 is 14.7 Å². The lowest BCUT2D eigenvalue weighted by Gasteiger charge is -2.17. The molecule has 0 aliphatic carbocycles. The second-order valence-corrected chi connectivity index (χ2v) is 5.89. The van der Waals surface area contributed by atoms with Crippen molar-refractivity contribution in [2.75, 3.05) is 25.0 Å². The Morgan fingerprint density at radius 2 is 2.24 bits per heavy atom. The Morgan fingerprint density at radius 1 is 1.38 bits per heavy atom. The van der Waals surface area contributed by atoms with Gasteiger partial charge in [0.15, 0.2) is 0 Å². The number of hydrogen-bond donors (Lipinski definition) is 2. The van der Waals surface area contributed by atoms with Crippen LogP contribution in [0.25, 0.3) is 0 Å². The van der Waals surface area contributed by atoms with Crippen LogP contribution in [0.2, 0.25) is 0 Å². The van der Waals surface area contributed by atoms with Gasteiger partial charge in [-0.05, 0) is 48.9 Å². The Labute approximate surface area is 123 Å². The lowest BCUT2D eigenvalue weighted by Crippen LogP contribution is -2.28. The number of fused-ring (bicyclic) bond motifs is 1. The summed E-state index contributed by atoms with van der Waals surface area (Å²) in [7, 11) is 0. The van der Waals surface area contributed by atoms with E-state index in [1.165, 1.54) is 5.56 Å². The Morgan fingerprint density at radius 3 is 3.05 bits per heavy atom. The molecule has 5 nitrogen and oxygen atoms in total. The summed E-state index contributed by atoms with van der Waals surface area (Å²) in [6.07, 6.45) is 2.73. The van der Waals surface area contributed by atoms with Gasteiger partial charge in [-0.2, -0.15) is 0 Å². The van der Waals surface area contributed by atoms with E-state index in [0.717, 1.165) is 37.2 Å². The molecule has 21 heavy (non-hydrogen) atoms. The van der Waals surface area contributed by atoms with Crippen molar-refractivity contribution >= 4 is 17.6 Å². The maximum atomic E-state index is 12.5. The highest BCUT2D eigenvalue weighted by molar-refractivity contribution is 5.95. The quantitative estimate of drug-likeness (QED) is 0.889. The van der Waals surface area contributed by atoms with Crippen molar-refractivity contribution in [3.8, 4) is 0 Å². The van der Waals surface area contributed by atoms with Gasteiger partial charge in [-0.3, -0.25) is 9.59 Å². The minimum absolute atomic E-state index is 0.0718. The predicted molar refractivity (Wildman–Crippen MR) is 79.5 cm³/mol. The van der Waals surface area contributed by atoms with Crippen LogP contribution >= 0.6 is 0 Å². The van der Waals surface area contributed by atoms with Gasteiger partial charge in [-0.25, -0.2) is 0 Å². The molecule has 3 rings (SSSR count). The van der Waals surface area contributed by atoms with E-state index >= 15 is 0 Å². The zero-order valence-electron chi connectivity index (χ0n) is 12.0. The van der Waals surface area contributed by atoms with Crippen LogP contribution in [0.3, 0.4) is 0 Å². The van der Waals surface area contributed by atoms with Gasteiger partial charge in [0.1, 0.15) is 0 Å². The Kier molecular flexibility index (Phi) is 3.82. The number of carbonyl (C=O) groups excluding carboxylic acids is 1. The molecule has 1 saturated heterocycles. The molecule has 2 N–H and O–H groups in total. The number of amides is 1. The second kappa shape index (κ2) is 5.76. The fourth-order valence-electron chi connectivity index (χ4n) is 3.20. The van der Waals surface area contributed by atoms with Gasteiger partial charge in [0, 0.05) is 37.3 Å². The first-order valence-electron chi connectivity index (χ1n) is 7.51. The summed E-state index contributed by atoms with van der Waals surface area (Å²) in [6.45, 7) is 2.36. The molecule has 0 radical (unpaired) electrons. The lowest BCUT2D eigenvalue weighted by atomic mass is 10.0. The zero-order chi connectivity index (χ0) is 14.8. The smallest absolute Gasteiger partial charge is 0.303 e. The molecule has 1 aromatic carbocycles. The molecule has 1 aromatic rings. The summed E-state index contributed by atoms with van der Waals surface area (Å²) >= 11 is 0. The van der Waals surface area contributed by atoms with Crippen LogP contribution in [0.15, 0.2) is 18.2 Å². The van der Waals surface area contributed by atoms with Crippen LogP contribution in [0.1, 0.15) is 35.2 Å². The van der Waals surface area contributed by atoms with Gasteiger partial charge in [0.05, 0.1) is 0 Å². The van der Waals surface area contributed by atoms with Gasteiger partial charge >= 0.3 is 5.97 Å². The van der Waals surface area contributed by atoms with E-state index in [9.17, 15) is 9.59 Å². The fraction of sp³-hybridized carbons (Fsp3) is 0.500. The molecule has 2 aliphatic rings. The van der Waals surface area contributed by atoms with Crippen LogP contribution in [0.5, 0.6) is 0 Å². The third-order valence-corrected chi connectivity index (χ3v) is 4.40. The molecule has 1 unspecified atom stereocenters. The number of nitrogens with one attached hydrogen (secondary N) is 1. The van der Waals surface area contributed by atoms with Crippen LogP contribution < -0.4 is 5.32 Å². The molecule has 2 heterocycles. The fourth-order valence-corrected chi connectivity index (χ4v) is 3.20. The molecular weight excluding hydrogens is 268 g/mol. The monoisotopic (exact) mass is 288 g/mol. The SMILES string of the molecule is O=C(O)CCC1CCN(C(=O)c2ccc3c(c2)CCN3)C1. The number of carbonyl (C=O) groups is 2. The van der Waals surface area contributed by atoms with E-state index in [1.54, 1.807) is 0 Å². The summed E-state index contributed by atoms with van der Waals surface area (Å²) in [5.74, 6) is -0.366. The van der Waals surface area contributed by atoms with Crippen molar-refractivity contribution in [3.05, 3.63) is 29.3 Å². The average molecular weight is 288 g/mol. The van der Waals surface area contributed by atoms with Gasteiger partial charge in [-0.1, -0.05) is 0 Å². The van der Waals surface area contributed by atoms with E-state index in [-0.39, 0.29) is 12.3 Å². The molecule has 0 spiro atoms. The number of carboxylic acids is 1. The molecular formula is C16H20N2O3. The maximum absolute atomic E-state index is 12.5. The second-order valence-electron chi connectivity index (χ2n) is 5.89. The topological polar surface area (TPSA) is 69.6 Å². The first-order chi connectivity index (χ1) is 10.1. The molecule has 0 saturated carbocycles. The van der Waals surface area contributed by atoms with Crippen LogP contribution in [0, 0.1) is 5.92 Å².